The Bertz CT molecular complexity index is 365. The Kier molecular flexibility index (Phi) is 5.49. The molecule has 4 nitrogen and oxygen atoms in total. The first-order valence-corrected chi connectivity index (χ1v) is 5.91. The van der Waals surface area contributed by atoms with Crippen molar-refractivity contribution in [2.45, 2.75) is 19.4 Å². The van der Waals surface area contributed by atoms with Gasteiger partial charge in [0, 0.05) is 18.8 Å². The van der Waals surface area contributed by atoms with Gasteiger partial charge in [-0.1, -0.05) is 12.1 Å². The van der Waals surface area contributed by atoms with Crippen LogP contribution in [0.25, 0.3) is 0 Å². The fraction of sp³-hybridized carbons (Fsp3) is 0.462. The molecule has 4 heteroatoms. The third kappa shape index (κ3) is 4.07. The highest BCUT2D eigenvalue weighted by atomic mass is 16.1. The quantitative estimate of drug-likeness (QED) is 0.699. The van der Waals surface area contributed by atoms with Crippen molar-refractivity contribution in [1.29, 1.82) is 0 Å². The van der Waals surface area contributed by atoms with E-state index in [1.165, 1.54) is 0 Å². The Hall–Kier alpha value is -1.55. The molecular formula is C13H21N3O. The van der Waals surface area contributed by atoms with E-state index in [2.05, 4.69) is 22.9 Å². The van der Waals surface area contributed by atoms with E-state index in [0.29, 0.717) is 11.6 Å². The van der Waals surface area contributed by atoms with Crippen LogP contribution in [0.15, 0.2) is 24.3 Å². The molecule has 1 aromatic rings. The van der Waals surface area contributed by atoms with E-state index >= 15 is 0 Å². The molecule has 0 bridgehead atoms. The summed E-state index contributed by atoms with van der Waals surface area (Å²) >= 11 is 0. The number of hydrogen-bond donors (Lipinski definition) is 3. The number of amides is 1. The largest absolute Gasteiger partial charge is 0.382 e. The van der Waals surface area contributed by atoms with Gasteiger partial charge in [0.25, 0.3) is 5.91 Å². The van der Waals surface area contributed by atoms with Crippen molar-refractivity contribution in [3.63, 3.8) is 0 Å². The Morgan fingerprint density at radius 3 is 2.65 bits per heavy atom. The molecule has 0 aliphatic carbocycles. The fourth-order valence-corrected chi connectivity index (χ4v) is 1.64. The number of anilines is 1. The van der Waals surface area contributed by atoms with Crippen LogP contribution in [0, 0.1) is 0 Å². The lowest BCUT2D eigenvalue weighted by Gasteiger charge is -2.17. The van der Waals surface area contributed by atoms with Gasteiger partial charge in [0.15, 0.2) is 0 Å². The van der Waals surface area contributed by atoms with Gasteiger partial charge >= 0.3 is 0 Å². The molecule has 0 aliphatic heterocycles. The van der Waals surface area contributed by atoms with E-state index in [1.54, 1.807) is 7.05 Å². The predicted molar refractivity (Wildman–Crippen MR) is 71.5 cm³/mol. The third-order valence-electron chi connectivity index (χ3n) is 2.63. The van der Waals surface area contributed by atoms with Crippen LogP contribution in [0.5, 0.6) is 0 Å². The first-order valence-electron chi connectivity index (χ1n) is 5.91. The molecule has 1 unspecified atom stereocenters. The van der Waals surface area contributed by atoms with Gasteiger partial charge in [-0.3, -0.25) is 4.79 Å². The van der Waals surface area contributed by atoms with Crippen LogP contribution in [0.3, 0.4) is 0 Å². The SMILES string of the molecule is CNCCC(C)Nc1ccccc1C(=O)NC. The highest BCUT2D eigenvalue weighted by Gasteiger charge is 2.10. The number of nitrogens with one attached hydrogen (secondary N) is 3. The van der Waals surface area contributed by atoms with Crippen molar-refractivity contribution in [1.82, 2.24) is 10.6 Å². The molecular weight excluding hydrogens is 214 g/mol. The van der Waals surface area contributed by atoms with E-state index in [1.807, 2.05) is 31.3 Å². The average molecular weight is 235 g/mol. The van der Waals surface area contributed by atoms with Gasteiger partial charge in [-0.2, -0.15) is 0 Å². The molecule has 0 saturated carbocycles. The first kappa shape index (κ1) is 13.5. The summed E-state index contributed by atoms with van der Waals surface area (Å²) in [6.45, 7) is 3.06. The van der Waals surface area contributed by atoms with Gasteiger partial charge in [0.05, 0.1) is 5.56 Å². The van der Waals surface area contributed by atoms with Gasteiger partial charge in [-0.15, -0.1) is 0 Å². The Balaban J connectivity index is 2.73. The second kappa shape index (κ2) is 6.91. The second-order valence-electron chi connectivity index (χ2n) is 4.06. The van der Waals surface area contributed by atoms with E-state index in [0.717, 1.165) is 18.7 Å². The molecule has 3 N–H and O–H groups in total. The Morgan fingerprint density at radius 1 is 1.29 bits per heavy atom. The number of rotatable bonds is 6. The van der Waals surface area contributed by atoms with Crippen molar-refractivity contribution < 1.29 is 4.79 Å². The molecule has 0 aliphatic rings. The predicted octanol–water partition coefficient (Wildman–Crippen LogP) is 1.46. The third-order valence-corrected chi connectivity index (χ3v) is 2.63. The molecule has 0 radical (unpaired) electrons. The molecule has 1 aromatic carbocycles. The molecule has 94 valence electrons. The van der Waals surface area contributed by atoms with Crippen molar-refractivity contribution in [3.8, 4) is 0 Å². The number of para-hydroxylation sites is 1. The van der Waals surface area contributed by atoms with E-state index in [-0.39, 0.29) is 5.91 Å². The van der Waals surface area contributed by atoms with Gasteiger partial charge in [-0.25, -0.2) is 0 Å². The summed E-state index contributed by atoms with van der Waals surface area (Å²) in [6.07, 6.45) is 1.01. The van der Waals surface area contributed by atoms with Crippen LogP contribution in [0.4, 0.5) is 5.69 Å². The number of benzene rings is 1. The molecule has 0 spiro atoms. The van der Waals surface area contributed by atoms with Crippen molar-refractivity contribution in [2.75, 3.05) is 26.0 Å². The maximum atomic E-state index is 11.7. The summed E-state index contributed by atoms with van der Waals surface area (Å²) in [5.74, 6) is -0.0612. The molecule has 0 aromatic heterocycles. The average Bonchev–Trinajstić information content (AvgIpc) is 2.36. The van der Waals surface area contributed by atoms with Gasteiger partial charge in [0.1, 0.15) is 0 Å². The number of hydrogen-bond acceptors (Lipinski definition) is 3. The van der Waals surface area contributed by atoms with Crippen LogP contribution < -0.4 is 16.0 Å². The number of carbonyl (C=O) groups excluding carboxylic acids is 1. The summed E-state index contributed by atoms with van der Waals surface area (Å²) in [4.78, 5) is 11.7. The molecule has 0 saturated heterocycles. The van der Waals surface area contributed by atoms with Gasteiger partial charge in [0.2, 0.25) is 0 Å². The van der Waals surface area contributed by atoms with Gasteiger partial charge < -0.3 is 16.0 Å². The maximum Gasteiger partial charge on any atom is 0.253 e. The van der Waals surface area contributed by atoms with Crippen LogP contribution >= 0.6 is 0 Å². The molecule has 1 atom stereocenters. The molecule has 0 heterocycles. The topological polar surface area (TPSA) is 53.2 Å². The second-order valence-corrected chi connectivity index (χ2v) is 4.06. The van der Waals surface area contributed by atoms with E-state index in [9.17, 15) is 4.79 Å². The minimum atomic E-state index is -0.0612. The van der Waals surface area contributed by atoms with E-state index in [4.69, 9.17) is 0 Å². The highest BCUT2D eigenvalue weighted by Crippen LogP contribution is 2.16. The fourth-order valence-electron chi connectivity index (χ4n) is 1.64. The summed E-state index contributed by atoms with van der Waals surface area (Å²) in [7, 11) is 3.58. The van der Waals surface area contributed by atoms with Crippen LogP contribution in [-0.4, -0.2) is 32.6 Å². The summed E-state index contributed by atoms with van der Waals surface area (Å²) in [5, 5.41) is 9.12. The van der Waals surface area contributed by atoms with Gasteiger partial charge in [-0.05, 0) is 39.1 Å². The monoisotopic (exact) mass is 235 g/mol. The van der Waals surface area contributed by atoms with Crippen LogP contribution in [0.1, 0.15) is 23.7 Å². The zero-order valence-corrected chi connectivity index (χ0v) is 10.7. The zero-order valence-electron chi connectivity index (χ0n) is 10.7. The minimum Gasteiger partial charge on any atom is -0.382 e. The maximum absolute atomic E-state index is 11.7. The van der Waals surface area contributed by atoms with Crippen LogP contribution in [0.2, 0.25) is 0 Å². The Labute approximate surface area is 103 Å². The normalized spacial score (nSPS) is 11.9. The highest BCUT2D eigenvalue weighted by molar-refractivity contribution is 5.99. The number of carbonyl (C=O) groups is 1. The summed E-state index contributed by atoms with van der Waals surface area (Å²) < 4.78 is 0. The smallest absolute Gasteiger partial charge is 0.253 e. The summed E-state index contributed by atoms with van der Waals surface area (Å²) in [5.41, 5.74) is 1.57. The lowest BCUT2D eigenvalue weighted by molar-refractivity contribution is 0.0964. The molecule has 17 heavy (non-hydrogen) atoms. The summed E-state index contributed by atoms with van der Waals surface area (Å²) in [6, 6.07) is 7.88. The van der Waals surface area contributed by atoms with Crippen molar-refractivity contribution in [2.24, 2.45) is 0 Å². The van der Waals surface area contributed by atoms with E-state index < -0.39 is 0 Å². The standard InChI is InChI=1S/C13H21N3O/c1-10(8-9-14-2)16-12-7-5-4-6-11(12)13(17)15-3/h4-7,10,14,16H,8-9H2,1-3H3,(H,15,17). The minimum absolute atomic E-state index is 0.0612. The van der Waals surface area contributed by atoms with Crippen molar-refractivity contribution >= 4 is 11.6 Å². The molecule has 1 rings (SSSR count). The first-order chi connectivity index (χ1) is 8.19. The van der Waals surface area contributed by atoms with Crippen molar-refractivity contribution in [3.05, 3.63) is 29.8 Å². The molecule has 1 amide bonds. The Morgan fingerprint density at radius 2 is 2.00 bits per heavy atom. The van der Waals surface area contributed by atoms with Crippen LogP contribution in [-0.2, 0) is 0 Å². The zero-order chi connectivity index (χ0) is 12.7. The lowest BCUT2D eigenvalue weighted by Crippen LogP contribution is -2.24. The molecule has 0 fully saturated rings. The lowest BCUT2D eigenvalue weighted by atomic mass is 10.1.